The van der Waals surface area contributed by atoms with E-state index in [4.69, 9.17) is 4.74 Å². The summed E-state index contributed by atoms with van der Waals surface area (Å²) in [6.45, 7) is 3.41. The molecule has 0 radical (unpaired) electrons. The fourth-order valence-electron chi connectivity index (χ4n) is 2.44. The van der Waals surface area contributed by atoms with Gasteiger partial charge in [0.05, 0.1) is 0 Å². The van der Waals surface area contributed by atoms with Crippen molar-refractivity contribution in [2.45, 2.75) is 39.3 Å². The first kappa shape index (κ1) is 19.7. The predicted molar refractivity (Wildman–Crippen MR) is 95.6 cm³/mol. The fourth-order valence-corrected chi connectivity index (χ4v) is 2.44. The zero-order valence-corrected chi connectivity index (χ0v) is 15.1. The molecular formula is C20H23F2NO3. The molecule has 2 aromatic carbocycles. The van der Waals surface area contributed by atoms with Crippen molar-refractivity contribution in [1.82, 2.24) is 5.32 Å². The van der Waals surface area contributed by atoms with Gasteiger partial charge >= 0.3 is 6.61 Å². The van der Waals surface area contributed by atoms with Crippen LogP contribution in [0.25, 0.3) is 0 Å². The molecule has 0 saturated carbocycles. The molecule has 0 saturated heterocycles. The van der Waals surface area contributed by atoms with Gasteiger partial charge in [-0.25, -0.2) is 0 Å². The highest BCUT2D eigenvalue weighted by Gasteiger charge is 2.18. The lowest BCUT2D eigenvalue weighted by Gasteiger charge is -2.22. The SMILES string of the molecule is CC(C)(C)c1ccccc1OCC(=O)NCc1cccc(OC(F)F)c1. The molecule has 2 aromatic rings. The van der Waals surface area contributed by atoms with Gasteiger partial charge in [-0.2, -0.15) is 8.78 Å². The van der Waals surface area contributed by atoms with E-state index in [0.29, 0.717) is 11.3 Å². The highest BCUT2D eigenvalue weighted by atomic mass is 19.3. The van der Waals surface area contributed by atoms with Gasteiger partial charge < -0.3 is 14.8 Å². The highest BCUT2D eigenvalue weighted by molar-refractivity contribution is 5.77. The number of carbonyl (C=O) groups excluding carboxylic acids is 1. The van der Waals surface area contributed by atoms with Crippen molar-refractivity contribution in [1.29, 1.82) is 0 Å². The lowest BCUT2D eigenvalue weighted by Crippen LogP contribution is -2.29. The van der Waals surface area contributed by atoms with Crippen LogP contribution in [0, 0.1) is 0 Å². The lowest BCUT2D eigenvalue weighted by atomic mass is 9.86. The Morgan fingerprint density at radius 2 is 1.85 bits per heavy atom. The molecule has 0 aliphatic rings. The maximum absolute atomic E-state index is 12.2. The van der Waals surface area contributed by atoms with Gasteiger partial charge in [0.15, 0.2) is 6.61 Å². The highest BCUT2D eigenvalue weighted by Crippen LogP contribution is 2.30. The van der Waals surface area contributed by atoms with E-state index < -0.39 is 6.61 Å². The summed E-state index contributed by atoms with van der Waals surface area (Å²) >= 11 is 0. The monoisotopic (exact) mass is 363 g/mol. The van der Waals surface area contributed by atoms with Crippen LogP contribution in [0.3, 0.4) is 0 Å². The van der Waals surface area contributed by atoms with Crippen molar-refractivity contribution in [2.24, 2.45) is 0 Å². The zero-order chi connectivity index (χ0) is 19.2. The third-order valence-corrected chi connectivity index (χ3v) is 3.67. The minimum Gasteiger partial charge on any atom is -0.483 e. The average Bonchev–Trinajstić information content (AvgIpc) is 2.57. The van der Waals surface area contributed by atoms with Crippen molar-refractivity contribution in [3.63, 3.8) is 0 Å². The van der Waals surface area contributed by atoms with Crippen LogP contribution in [0.2, 0.25) is 0 Å². The molecule has 0 spiro atoms. The molecule has 4 nitrogen and oxygen atoms in total. The number of halogens is 2. The van der Waals surface area contributed by atoms with Gasteiger partial charge in [-0.1, -0.05) is 51.1 Å². The quantitative estimate of drug-likeness (QED) is 0.799. The summed E-state index contributed by atoms with van der Waals surface area (Å²) in [5.41, 5.74) is 1.58. The van der Waals surface area contributed by atoms with Crippen LogP contribution in [0.15, 0.2) is 48.5 Å². The number of hydrogen-bond donors (Lipinski definition) is 1. The number of amides is 1. The molecule has 0 atom stereocenters. The van der Waals surface area contributed by atoms with E-state index >= 15 is 0 Å². The van der Waals surface area contributed by atoms with Crippen LogP contribution in [-0.2, 0) is 16.8 Å². The number of nitrogens with one attached hydrogen (secondary N) is 1. The average molecular weight is 363 g/mol. The number of alkyl halides is 2. The van der Waals surface area contributed by atoms with E-state index in [1.807, 2.05) is 24.3 Å². The van der Waals surface area contributed by atoms with E-state index in [2.05, 4.69) is 30.8 Å². The Balaban J connectivity index is 1.89. The number of hydrogen-bond acceptors (Lipinski definition) is 3. The van der Waals surface area contributed by atoms with E-state index in [1.165, 1.54) is 12.1 Å². The van der Waals surface area contributed by atoms with Gasteiger partial charge in [0.2, 0.25) is 0 Å². The first-order chi connectivity index (χ1) is 12.3. The van der Waals surface area contributed by atoms with Crippen LogP contribution < -0.4 is 14.8 Å². The Labute approximate surface area is 152 Å². The summed E-state index contributed by atoms with van der Waals surface area (Å²) < 4.78 is 34.5. The number of para-hydroxylation sites is 1. The molecule has 0 aromatic heterocycles. The molecule has 0 fully saturated rings. The summed E-state index contributed by atoms with van der Waals surface area (Å²) in [4.78, 5) is 12.0. The second-order valence-electron chi connectivity index (χ2n) is 6.84. The normalized spacial score (nSPS) is 11.3. The molecule has 26 heavy (non-hydrogen) atoms. The van der Waals surface area contributed by atoms with E-state index in [0.717, 1.165) is 5.56 Å². The Morgan fingerprint density at radius 3 is 2.54 bits per heavy atom. The second-order valence-corrected chi connectivity index (χ2v) is 6.84. The Morgan fingerprint density at radius 1 is 1.12 bits per heavy atom. The number of ether oxygens (including phenoxy) is 2. The number of benzene rings is 2. The molecule has 1 N–H and O–H groups in total. The van der Waals surface area contributed by atoms with E-state index in [1.54, 1.807) is 12.1 Å². The summed E-state index contributed by atoms with van der Waals surface area (Å²) in [6, 6.07) is 13.8. The molecule has 6 heteroatoms. The van der Waals surface area contributed by atoms with Crippen LogP contribution in [0.5, 0.6) is 11.5 Å². The van der Waals surface area contributed by atoms with Crippen molar-refractivity contribution in [2.75, 3.05) is 6.61 Å². The van der Waals surface area contributed by atoms with E-state index in [9.17, 15) is 13.6 Å². The molecule has 0 bridgehead atoms. The lowest BCUT2D eigenvalue weighted by molar-refractivity contribution is -0.123. The Bertz CT molecular complexity index is 742. The first-order valence-corrected chi connectivity index (χ1v) is 8.28. The predicted octanol–water partition coefficient (Wildman–Crippen LogP) is 4.28. The molecule has 140 valence electrons. The second kappa shape index (κ2) is 8.65. The van der Waals surface area contributed by atoms with Crippen LogP contribution >= 0.6 is 0 Å². The molecule has 1 amide bonds. The van der Waals surface area contributed by atoms with Crippen molar-refractivity contribution in [3.8, 4) is 11.5 Å². The minimum atomic E-state index is -2.88. The molecular weight excluding hydrogens is 340 g/mol. The topological polar surface area (TPSA) is 47.6 Å². The van der Waals surface area contributed by atoms with Crippen molar-refractivity contribution >= 4 is 5.91 Å². The van der Waals surface area contributed by atoms with Crippen molar-refractivity contribution in [3.05, 3.63) is 59.7 Å². The van der Waals surface area contributed by atoms with Crippen LogP contribution in [0.1, 0.15) is 31.9 Å². The third kappa shape index (κ3) is 6.02. The fraction of sp³-hybridized carbons (Fsp3) is 0.350. The van der Waals surface area contributed by atoms with Gasteiger partial charge in [-0.3, -0.25) is 4.79 Å². The number of carbonyl (C=O) groups is 1. The van der Waals surface area contributed by atoms with Crippen LogP contribution in [0.4, 0.5) is 8.78 Å². The number of rotatable bonds is 7. The molecule has 0 unspecified atom stereocenters. The van der Waals surface area contributed by atoms with Gasteiger partial charge in [-0.05, 0) is 34.7 Å². The van der Waals surface area contributed by atoms with Crippen LogP contribution in [-0.4, -0.2) is 19.1 Å². The van der Waals surface area contributed by atoms with Gasteiger partial charge in [0.1, 0.15) is 11.5 Å². The summed E-state index contributed by atoms with van der Waals surface area (Å²) in [5, 5.41) is 2.70. The third-order valence-electron chi connectivity index (χ3n) is 3.67. The smallest absolute Gasteiger partial charge is 0.387 e. The first-order valence-electron chi connectivity index (χ1n) is 8.28. The van der Waals surface area contributed by atoms with Gasteiger partial charge in [0, 0.05) is 6.54 Å². The molecule has 0 aliphatic carbocycles. The maximum Gasteiger partial charge on any atom is 0.387 e. The molecule has 2 rings (SSSR count). The molecule has 0 heterocycles. The zero-order valence-electron chi connectivity index (χ0n) is 15.1. The Hall–Kier alpha value is -2.63. The summed E-state index contributed by atoms with van der Waals surface area (Å²) in [5.74, 6) is 0.429. The minimum absolute atomic E-state index is 0.0575. The summed E-state index contributed by atoms with van der Waals surface area (Å²) in [6.07, 6.45) is 0. The molecule has 0 aliphatic heterocycles. The summed E-state index contributed by atoms with van der Waals surface area (Å²) in [7, 11) is 0. The van der Waals surface area contributed by atoms with Crippen molar-refractivity contribution < 1.29 is 23.0 Å². The van der Waals surface area contributed by atoms with Gasteiger partial charge in [-0.15, -0.1) is 0 Å². The Kier molecular flexibility index (Phi) is 6.55. The van der Waals surface area contributed by atoms with E-state index in [-0.39, 0.29) is 30.2 Å². The maximum atomic E-state index is 12.2. The van der Waals surface area contributed by atoms with Gasteiger partial charge in [0.25, 0.3) is 5.91 Å². The largest absolute Gasteiger partial charge is 0.483 e. The standard InChI is InChI=1S/C20H23F2NO3/c1-20(2,3)16-9-4-5-10-17(16)25-13-18(24)23-12-14-7-6-8-15(11-14)26-19(21)22/h4-11,19H,12-13H2,1-3H3,(H,23,24).